The Morgan fingerprint density at radius 1 is 0.415 bits per heavy atom. The van der Waals surface area contributed by atoms with Gasteiger partial charge in [0.25, 0.3) is 0 Å². The van der Waals surface area contributed by atoms with E-state index in [4.69, 9.17) is 0 Å². The van der Waals surface area contributed by atoms with Crippen LogP contribution < -0.4 is 0 Å². The van der Waals surface area contributed by atoms with Crippen LogP contribution in [0.4, 0.5) is 0 Å². The van der Waals surface area contributed by atoms with Crippen molar-refractivity contribution in [1.82, 2.24) is 9.13 Å². The molecule has 2 heterocycles. The summed E-state index contributed by atoms with van der Waals surface area (Å²) in [4.78, 5) is 0. The zero-order valence-corrected chi connectivity index (χ0v) is 23.4. The van der Waals surface area contributed by atoms with Crippen LogP contribution in [0.1, 0.15) is 58.8 Å². The average molecular weight is 539 g/mol. The van der Waals surface area contributed by atoms with Gasteiger partial charge < -0.3 is 9.13 Å². The van der Waals surface area contributed by atoms with Crippen molar-refractivity contribution in [3.8, 4) is 0 Å². The van der Waals surface area contributed by atoms with Crippen molar-refractivity contribution < 1.29 is 0 Å². The monoisotopic (exact) mass is 538 g/mol. The standard InChI is InChI=1S/C38H38N2.CH4/c1-2-16-30(18-12-14-28-40-37-25-9-5-21-33(37)34-22-6-10-26-38(34)40)29(15-1)17-11-13-27-39-35-23-7-3-19-31(35)32-20-4-8-24-36(32)39;/h3-10,15-16,19-26H,1-2,11-14,17-18,27-28H2;1H4. The predicted octanol–water partition coefficient (Wildman–Crippen LogP) is 11.2. The van der Waals surface area contributed by atoms with Gasteiger partial charge in [-0.25, -0.2) is 0 Å². The summed E-state index contributed by atoms with van der Waals surface area (Å²) in [5.74, 6) is 0. The first-order valence-electron chi connectivity index (χ1n) is 15.2. The first-order chi connectivity index (χ1) is 19.9. The highest BCUT2D eigenvalue weighted by molar-refractivity contribution is 6.08. The van der Waals surface area contributed by atoms with E-state index in [0.29, 0.717) is 0 Å². The van der Waals surface area contributed by atoms with E-state index in [1.807, 2.05) is 0 Å². The van der Waals surface area contributed by atoms with E-state index in [1.165, 1.54) is 95.0 Å². The van der Waals surface area contributed by atoms with Gasteiger partial charge in [-0.05, 0) is 86.8 Å². The third-order valence-electron chi connectivity index (χ3n) is 8.88. The summed E-state index contributed by atoms with van der Waals surface area (Å²) in [5.41, 5.74) is 8.69. The van der Waals surface area contributed by atoms with E-state index in [0.717, 1.165) is 13.1 Å². The van der Waals surface area contributed by atoms with Crippen molar-refractivity contribution in [1.29, 1.82) is 0 Å². The van der Waals surface area contributed by atoms with Gasteiger partial charge in [0.1, 0.15) is 0 Å². The number of hydrogen-bond acceptors (Lipinski definition) is 0. The molecule has 2 heteroatoms. The third kappa shape index (κ3) is 5.24. The minimum atomic E-state index is 0. The molecule has 0 bridgehead atoms. The fourth-order valence-electron chi connectivity index (χ4n) is 6.96. The van der Waals surface area contributed by atoms with Crippen LogP contribution in [0.15, 0.2) is 120 Å². The second kappa shape index (κ2) is 12.2. The lowest BCUT2D eigenvalue weighted by Crippen LogP contribution is -2.01. The second-order valence-electron chi connectivity index (χ2n) is 11.3. The van der Waals surface area contributed by atoms with Crippen molar-refractivity contribution >= 4 is 43.6 Å². The van der Waals surface area contributed by atoms with Gasteiger partial charge >= 0.3 is 0 Å². The summed E-state index contributed by atoms with van der Waals surface area (Å²) in [5, 5.41) is 5.50. The molecule has 1 aliphatic carbocycles. The largest absolute Gasteiger partial charge is 0.340 e. The summed E-state index contributed by atoms with van der Waals surface area (Å²) in [7, 11) is 0. The molecule has 7 rings (SSSR count). The Kier molecular flexibility index (Phi) is 8.09. The molecule has 0 unspecified atom stereocenters. The minimum Gasteiger partial charge on any atom is -0.340 e. The van der Waals surface area contributed by atoms with Crippen molar-refractivity contribution in [2.75, 3.05) is 0 Å². The fraction of sp³-hybridized carbons (Fsp3) is 0.282. The maximum absolute atomic E-state index is 2.53. The molecule has 1 aliphatic rings. The number of hydrogen-bond donors (Lipinski definition) is 0. The van der Waals surface area contributed by atoms with Gasteiger partial charge in [0.15, 0.2) is 0 Å². The van der Waals surface area contributed by atoms with Gasteiger partial charge in [-0.2, -0.15) is 0 Å². The molecule has 2 aromatic heterocycles. The summed E-state index contributed by atoms with van der Waals surface area (Å²) < 4.78 is 5.07. The van der Waals surface area contributed by atoms with Gasteiger partial charge in [-0.15, -0.1) is 0 Å². The lowest BCUT2D eigenvalue weighted by atomic mass is 9.90. The number of benzene rings is 4. The van der Waals surface area contributed by atoms with Crippen molar-refractivity contribution in [2.45, 2.75) is 71.9 Å². The molecule has 0 saturated heterocycles. The Hall–Kier alpha value is -4.04. The van der Waals surface area contributed by atoms with Crippen LogP contribution in [0.5, 0.6) is 0 Å². The van der Waals surface area contributed by atoms with Crippen LogP contribution in [0.2, 0.25) is 0 Å². The Balaban J connectivity index is 0.00000302. The van der Waals surface area contributed by atoms with Crippen LogP contribution >= 0.6 is 0 Å². The normalized spacial score (nSPS) is 13.6. The van der Waals surface area contributed by atoms with E-state index >= 15 is 0 Å². The fourth-order valence-corrected chi connectivity index (χ4v) is 6.96. The van der Waals surface area contributed by atoms with E-state index in [2.05, 4.69) is 118 Å². The summed E-state index contributed by atoms with van der Waals surface area (Å²) >= 11 is 0. The quantitative estimate of drug-likeness (QED) is 0.154. The number of fused-ring (bicyclic) bond motifs is 6. The molecule has 2 nitrogen and oxygen atoms in total. The van der Waals surface area contributed by atoms with Gasteiger partial charge in [-0.3, -0.25) is 0 Å². The van der Waals surface area contributed by atoms with Crippen LogP contribution in [-0.4, -0.2) is 9.13 Å². The Labute approximate surface area is 244 Å². The summed E-state index contributed by atoms with van der Waals surface area (Å²) in [6, 6.07) is 35.5. The topological polar surface area (TPSA) is 9.86 Å². The molecule has 0 N–H and O–H groups in total. The maximum Gasteiger partial charge on any atom is 0.0491 e. The molecule has 0 fully saturated rings. The Morgan fingerprint density at radius 3 is 1.07 bits per heavy atom. The maximum atomic E-state index is 2.53. The number of aryl methyl sites for hydroxylation is 2. The lowest BCUT2D eigenvalue weighted by molar-refractivity contribution is 0.617. The number of rotatable bonds is 10. The first-order valence-corrected chi connectivity index (χ1v) is 15.2. The van der Waals surface area contributed by atoms with Gasteiger partial charge in [0.2, 0.25) is 0 Å². The highest BCUT2D eigenvalue weighted by atomic mass is 15.0. The first kappa shape index (κ1) is 27.1. The number of unbranched alkanes of at least 4 members (excludes halogenated alkanes) is 2. The molecular formula is C39H42N2. The molecule has 0 aliphatic heterocycles. The van der Waals surface area contributed by atoms with Crippen LogP contribution in [-0.2, 0) is 13.1 Å². The highest BCUT2D eigenvalue weighted by Gasteiger charge is 2.13. The van der Waals surface area contributed by atoms with Crippen LogP contribution in [0.3, 0.4) is 0 Å². The highest BCUT2D eigenvalue weighted by Crippen LogP contribution is 2.32. The second-order valence-corrected chi connectivity index (χ2v) is 11.3. The number of allylic oxidation sites excluding steroid dienone is 4. The van der Waals surface area contributed by atoms with E-state index in [1.54, 1.807) is 11.1 Å². The molecule has 0 atom stereocenters. The molecule has 6 aromatic rings. The third-order valence-corrected chi connectivity index (χ3v) is 8.88. The number of nitrogens with zero attached hydrogens (tertiary/aromatic N) is 2. The molecule has 41 heavy (non-hydrogen) atoms. The molecule has 0 radical (unpaired) electrons. The predicted molar refractivity (Wildman–Crippen MR) is 179 cm³/mol. The minimum absolute atomic E-state index is 0. The Bertz CT molecular complexity index is 1610. The molecule has 4 aromatic carbocycles. The molecular weight excluding hydrogens is 496 g/mol. The zero-order valence-electron chi connectivity index (χ0n) is 23.4. The van der Waals surface area contributed by atoms with Crippen LogP contribution in [0.25, 0.3) is 43.6 Å². The van der Waals surface area contributed by atoms with Crippen molar-refractivity contribution in [2.24, 2.45) is 0 Å². The molecule has 0 saturated carbocycles. The van der Waals surface area contributed by atoms with Gasteiger partial charge in [0, 0.05) is 56.7 Å². The van der Waals surface area contributed by atoms with E-state index in [9.17, 15) is 0 Å². The molecule has 208 valence electrons. The van der Waals surface area contributed by atoms with Gasteiger partial charge in [-0.1, -0.05) is 92.4 Å². The van der Waals surface area contributed by atoms with E-state index < -0.39 is 0 Å². The SMILES string of the molecule is C.C1=C(CCCCn2c3ccccc3c3ccccc32)C(CCCCn2c3ccccc3c3ccccc32)=CCC1. The van der Waals surface area contributed by atoms with Crippen molar-refractivity contribution in [3.05, 3.63) is 120 Å². The summed E-state index contributed by atoms with van der Waals surface area (Å²) in [6.45, 7) is 2.16. The number of aromatic nitrogens is 2. The summed E-state index contributed by atoms with van der Waals surface area (Å²) in [6.07, 6.45) is 14.8. The van der Waals surface area contributed by atoms with E-state index in [-0.39, 0.29) is 7.43 Å². The smallest absolute Gasteiger partial charge is 0.0491 e. The molecule has 0 amide bonds. The lowest BCUT2D eigenvalue weighted by Gasteiger charge is -2.17. The Morgan fingerprint density at radius 2 is 0.732 bits per heavy atom. The zero-order chi connectivity index (χ0) is 26.7. The average Bonchev–Trinajstić information content (AvgIpc) is 3.51. The van der Waals surface area contributed by atoms with Crippen molar-refractivity contribution in [3.63, 3.8) is 0 Å². The molecule has 0 spiro atoms. The number of para-hydroxylation sites is 4. The van der Waals surface area contributed by atoms with Crippen LogP contribution in [0, 0.1) is 0 Å². The van der Waals surface area contributed by atoms with Gasteiger partial charge in [0.05, 0.1) is 0 Å².